The van der Waals surface area contributed by atoms with Gasteiger partial charge in [0.2, 0.25) is 0 Å². The standard InChI is InChI=1S/C21H26ClNO3.ClH/c22-18-5-1-15(2-6-18)13-17(16-3-7-19(24)8-4-16)14-20(25)21(26)9-11-23-12-10-21;/h1-8,17,20,23-26H,9-14H2;1H. The maximum atomic E-state index is 10.8. The SMILES string of the molecule is Cl.Oc1ccc(C(Cc2ccc(Cl)cc2)CC(O)C2(O)CCNCC2)cc1. The van der Waals surface area contributed by atoms with E-state index in [1.54, 1.807) is 12.1 Å². The Morgan fingerprint density at radius 2 is 1.59 bits per heavy atom. The van der Waals surface area contributed by atoms with Gasteiger partial charge in [-0.2, -0.15) is 0 Å². The van der Waals surface area contributed by atoms with Crippen molar-refractivity contribution in [3.05, 3.63) is 64.7 Å². The minimum Gasteiger partial charge on any atom is -0.508 e. The summed E-state index contributed by atoms with van der Waals surface area (Å²) in [5, 5.41) is 35.1. The molecular weight excluding hydrogens is 385 g/mol. The van der Waals surface area contributed by atoms with E-state index in [0.717, 1.165) is 17.5 Å². The highest BCUT2D eigenvalue weighted by molar-refractivity contribution is 6.30. The predicted octanol–water partition coefficient (Wildman–Crippen LogP) is 3.66. The Bertz CT molecular complexity index is 700. The molecule has 6 heteroatoms. The van der Waals surface area contributed by atoms with Crippen LogP contribution >= 0.6 is 24.0 Å². The first kappa shape index (κ1) is 22.0. The number of hydrogen-bond acceptors (Lipinski definition) is 4. The summed E-state index contributed by atoms with van der Waals surface area (Å²) in [6, 6.07) is 14.8. The number of phenols is 1. The van der Waals surface area contributed by atoms with E-state index in [9.17, 15) is 15.3 Å². The number of piperidine rings is 1. The van der Waals surface area contributed by atoms with Gasteiger partial charge in [0.15, 0.2) is 0 Å². The lowest BCUT2D eigenvalue weighted by Crippen LogP contribution is -2.50. The van der Waals surface area contributed by atoms with Gasteiger partial charge < -0.3 is 20.6 Å². The van der Waals surface area contributed by atoms with E-state index in [1.165, 1.54) is 0 Å². The third-order valence-electron chi connectivity index (χ3n) is 5.36. The van der Waals surface area contributed by atoms with Crippen LogP contribution in [0.4, 0.5) is 0 Å². The molecule has 4 nitrogen and oxygen atoms in total. The highest BCUT2D eigenvalue weighted by atomic mass is 35.5. The van der Waals surface area contributed by atoms with E-state index < -0.39 is 11.7 Å². The van der Waals surface area contributed by atoms with Gasteiger partial charge in [-0.25, -0.2) is 0 Å². The zero-order valence-corrected chi connectivity index (χ0v) is 16.7. The second kappa shape index (κ2) is 9.76. The molecule has 0 aliphatic carbocycles. The molecule has 2 aromatic carbocycles. The van der Waals surface area contributed by atoms with Gasteiger partial charge in [0.05, 0.1) is 11.7 Å². The third kappa shape index (κ3) is 5.84. The van der Waals surface area contributed by atoms with E-state index in [4.69, 9.17) is 11.6 Å². The van der Waals surface area contributed by atoms with Gasteiger partial charge in [-0.3, -0.25) is 0 Å². The lowest BCUT2D eigenvalue weighted by atomic mass is 9.79. The number of aliphatic hydroxyl groups excluding tert-OH is 1. The number of nitrogens with one attached hydrogen (secondary N) is 1. The van der Waals surface area contributed by atoms with Crippen molar-refractivity contribution in [3.63, 3.8) is 0 Å². The zero-order valence-electron chi connectivity index (χ0n) is 15.1. The largest absolute Gasteiger partial charge is 0.508 e. The lowest BCUT2D eigenvalue weighted by molar-refractivity contribution is -0.0976. The molecule has 2 aromatic rings. The maximum absolute atomic E-state index is 10.8. The molecule has 0 spiro atoms. The first-order valence-corrected chi connectivity index (χ1v) is 9.48. The Balaban J connectivity index is 0.00000261. The fourth-order valence-corrected chi connectivity index (χ4v) is 3.80. The molecule has 27 heavy (non-hydrogen) atoms. The minimum atomic E-state index is -1.04. The number of aliphatic hydroxyl groups is 2. The number of halogens is 2. The van der Waals surface area contributed by atoms with Crippen LogP contribution in [0.5, 0.6) is 5.75 Å². The minimum absolute atomic E-state index is 0. The summed E-state index contributed by atoms with van der Waals surface area (Å²) in [7, 11) is 0. The van der Waals surface area contributed by atoms with Gasteiger partial charge in [-0.15, -0.1) is 12.4 Å². The van der Waals surface area contributed by atoms with Crippen LogP contribution in [0.15, 0.2) is 48.5 Å². The number of aromatic hydroxyl groups is 1. The van der Waals surface area contributed by atoms with Crippen LogP contribution in [0, 0.1) is 0 Å². The number of phenolic OH excluding ortho intramolecular Hbond substituents is 1. The smallest absolute Gasteiger partial charge is 0.115 e. The first-order chi connectivity index (χ1) is 12.5. The molecule has 0 aromatic heterocycles. The molecule has 0 radical (unpaired) electrons. The summed E-state index contributed by atoms with van der Waals surface area (Å²) in [6.45, 7) is 1.43. The Labute approximate surface area is 171 Å². The molecule has 1 aliphatic heterocycles. The van der Waals surface area contributed by atoms with E-state index in [1.807, 2.05) is 36.4 Å². The second-order valence-corrected chi connectivity index (χ2v) is 7.66. The molecule has 2 unspecified atom stereocenters. The van der Waals surface area contributed by atoms with E-state index in [0.29, 0.717) is 37.4 Å². The van der Waals surface area contributed by atoms with Crippen LogP contribution in [-0.4, -0.2) is 40.1 Å². The van der Waals surface area contributed by atoms with E-state index in [2.05, 4.69) is 5.32 Å². The fraction of sp³-hybridized carbons (Fsp3) is 0.429. The van der Waals surface area contributed by atoms with Crippen LogP contribution in [0.25, 0.3) is 0 Å². The van der Waals surface area contributed by atoms with Crippen molar-refractivity contribution in [3.8, 4) is 5.75 Å². The monoisotopic (exact) mass is 411 g/mol. The molecule has 0 bridgehead atoms. The van der Waals surface area contributed by atoms with Crippen molar-refractivity contribution < 1.29 is 15.3 Å². The summed E-state index contributed by atoms with van der Waals surface area (Å²) < 4.78 is 0. The molecule has 2 atom stereocenters. The van der Waals surface area contributed by atoms with Crippen LogP contribution < -0.4 is 5.32 Å². The molecule has 3 rings (SSSR count). The highest BCUT2D eigenvalue weighted by Gasteiger charge is 2.38. The average molecular weight is 412 g/mol. The molecule has 1 saturated heterocycles. The zero-order chi connectivity index (χ0) is 18.6. The average Bonchev–Trinajstić information content (AvgIpc) is 2.64. The van der Waals surface area contributed by atoms with Crippen molar-refractivity contribution in [2.45, 2.75) is 43.3 Å². The maximum Gasteiger partial charge on any atom is 0.115 e. The van der Waals surface area contributed by atoms with Gasteiger partial charge >= 0.3 is 0 Å². The highest BCUT2D eigenvalue weighted by Crippen LogP contribution is 2.33. The summed E-state index contributed by atoms with van der Waals surface area (Å²) in [5.41, 5.74) is 1.12. The Hall–Kier alpha value is -1.30. The van der Waals surface area contributed by atoms with Gasteiger partial charge in [0.25, 0.3) is 0 Å². The molecule has 148 valence electrons. The quantitative estimate of drug-likeness (QED) is 0.585. The van der Waals surface area contributed by atoms with Crippen LogP contribution in [-0.2, 0) is 6.42 Å². The summed E-state index contributed by atoms with van der Waals surface area (Å²) in [5.74, 6) is 0.252. The Kier molecular flexibility index (Phi) is 7.95. The normalized spacial score (nSPS) is 18.3. The summed E-state index contributed by atoms with van der Waals surface area (Å²) >= 11 is 5.98. The van der Waals surface area contributed by atoms with E-state index in [-0.39, 0.29) is 24.1 Å². The van der Waals surface area contributed by atoms with E-state index >= 15 is 0 Å². The van der Waals surface area contributed by atoms with Gasteiger partial charge in [-0.1, -0.05) is 35.9 Å². The van der Waals surface area contributed by atoms with Crippen molar-refractivity contribution in [1.82, 2.24) is 5.32 Å². The Morgan fingerprint density at radius 1 is 1.00 bits per heavy atom. The van der Waals surface area contributed by atoms with Crippen molar-refractivity contribution >= 4 is 24.0 Å². The Morgan fingerprint density at radius 3 is 2.19 bits per heavy atom. The molecule has 1 heterocycles. The predicted molar refractivity (Wildman–Crippen MR) is 111 cm³/mol. The second-order valence-electron chi connectivity index (χ2n) is 7.22. The van der Waals surface area contributed by atoms with Gasteiger partial charge in [-0.05, 0) is 80.1 Å². The molecular formula is C21H27Cl2NO3. The third-order valence-corrected chi connectivity index (χ3v) is 5.61. The number of hydrogen-bond donors (Lipinski definition) is 4. The van der Waals surface area contributed by atoms with Crippen LogP contribution in [0.2, 0.25) is 5.02 Å². The summed E-state index contributed by atoms with van der Waals surface area (Å²) in [6.07, 6.45) is 1.50. The molecule has 0 amide bonds. The molecule has 4 N–H and O–H groups in total. The van der Waals surface area contributed by atoms with Crippen molar-refractivity contribution in [2.24, 2.45) is 0 Å². The summed E-state index contributed by atoms with van der Waals surface area (Å²) in [4.78, 5) is 0. The number of benzene rings is 2. The first-order valence-electron chi connectivity index (χ1n) is 9.11. The van der Waals surface area contributed by atoms with Crippen molar-refractivity contribution in [2.75, 3.05) is 13.1 Å². The fourth-order valence-electron chi connectivity index (χ4n) is 3.67. The van der Waals surface area contributed by atoms with Crippen LogP contribution in [0.3, 0.4) is 0 Å². The van der Waals surface area contributed by atoms with Crippen LogP contribution in [0.1, 0.15) is 36.3 Å². The van der Waals surface area contributed by atoms with Crippen molar-refractivity contribution in [1.29, 1.82) is 0 Å². The molecule has 1 fully saturated rings. The topological polar surface area (TPSA) is 72.7 Å². The number of rotatable bonds is 6. The lowest BCUT2D eigenvalue weighted by Gasteiger charge is -2.38. The molecule has 0 saturated carbocycles. The molecule has 1 aliphatic rings. The van der Waals surface area contributed by atoms with Gasteiger partial charge in [0.1, 0.15) is 5.75 Å². The van der Waals surface area contributed by atoms with Gasteiger partial charge in [0, 0.05) is 5.02 Å².